The van der Waals surface area contributed by atoms with E-state index in [-0.39, 0.29) is 24.5 Å². The molecule has 0 saturated heterocycles. The first kappa shape index (κ1) is 15.5. The van der Waals surface area contributed by atoms with E-state index in [1.807, 2.05) is 6.07 Å². The highest BCUT2D eigenvalue weighted by molar-refractivity contribution is 5.89. The first-order chi connectivity index (χ1) is 9.95. The van der Waals surface area contributed by atoms with Crippen LogP contribution in [0.15, 0.2) is 30.3 Å². The van der Waals surface area contributed by atoms with Gasteiger partial charge in [0.15, 0.2) is 0 Å². The zero-order valence-electron chi connectivity index (χ0n) is 12.3. The Hall–Kier alpha value is -1.88. The zero-order valence-corrected chi connectivity index (χ0v) is 12.3. The number of methoxy groups -OCH3 is 1. The van der Waals surface area contributed by atoms with Crippen molar-refractivity contribution < 1.29 is 19.4 Å². The summed E-state index contributed by atoms with van der Waals surface area (Å²) in [4.78, 5) is 23.7. The van der Waals surface area contributed by atoms with Crippen molar-refractivity contribution in [1.29, 1.82) is 0 Å². The predicted molar refractivity (Wildman–Crippen MR) is 78.0 cm³/mol. The smallest absolute Gasteiger partial charge is 0.314 e. The van der Waals surface area contributed by atoms with E-state index >= 15 is 0 Å². The number of hydrogen-bond donors (Lipinski definition) is 2. The third-order valence-electron chi connectivity index (χ3n) is 4.19. The van der Waals surface area contributed by atoms with Gasteiger partial charge in [-0.25, -0.2) is 0 Å². The van der Waals surface area contributed by atoms with Crippen LogP contribution in [0.1, 0.15) is 31.7 Å². The Labute approximate surface area is 124 Å². The largest absolute Gasteiger partial charge is 0.481 e. The Balaban J connectivity index is 2.00. The summed E-state index contributed by atoms with van der Waals surface area (Å²) in [6.45, 7) is 1.59. The zero-order chi connectivity index (χ0) is 15.5. The number of benzene rings is 1. The minimum atomic E-state index is -1.21. The first-order valence-electron chi connectivity index (χ1n) is 7.07. The molecule has 0 radical (unpaired) electrons. The highest BCUT2D eigenvalue weighted by Gasteiger charge is 2.39. The van der Waals surface area contributed by atoms with Crippen molar-refractivity contribution in [2.45, 2.75) is 43.7 Å². The number of rotatable bonds is 6. The highest BCUT2D eigenvalue weighted by atomic mass is 16.5. The molecule has 21 heavy (non-hydrogen) atoms. The Morgan fingerprint density at radius 3 is 2.48 bits per heavy atom. The summed E-state index contributed by atoms with van der Waals surface area (Å²) in [6, 6.07) is 8.96. The molecule has 1 aromatic carbocycles. The van der Waals surface area contributed by atoms with Gasteiger partial charge < -0.3 is 15.2 Å². The third-order valence-corrected chi connectivity index (χ3v) is 4.19. The molecular formula is C16H21NO4. The van der Waals surface area contributed by atoms with Gasteiger partial charge in [0, 0.05) is 19.6 Å². The molecule has 114 valence electrons. The molecule has 0 spiro atoms. The topological polar surface area (TPSA) is 75.6 Å². The molecule has 5 heteroatoms. The fourth-order valence-corrected chi connectivity index (χ4v) is 2.58. The van der Waals surface area contributed by atoms with E-state index in [1.165, 1.54) is 0 Å². The lowest BCUT2D eigenvalue weighted by Gasteiger charge is -2.35. The molecule has 1 aromatic rings. The minimum absolute atomic E-state index is 0.0690. The monoisotopic (exact) mass is 291 g/mol. The molecule has 1 atom stereocenters. The second kappa shape index (κ2) is 6.26. The number of ether oxygens (including phenoxy) is 1. The molecule has 1 aliphatic carbocycles. The molecule has 0 bridgehead atoms. The van der Waals surface area contributed by atoms with Crippen molar-refractivity contribution in [2.24, 2.45) is 0 Å². The lowest BCUT2D eigenvalue weighted by atomic mass is 9.79. The summed E-state index contributed by atoms with van der Waals surface area (Å²) in [7, 11) is 1.65. The normalized spacial score (nSPS) is 23.7. The number of carbonyl (C=O) groups is 2. The summed E-state index contributed by atoms with van der Waals surface area (Å²) in [5.41, 5.74) is -0.577. The summed E-state index contributed by atoms with van der Waals surface area (Å²) in [5.74, 6) is -1.23. The molecule has 1 aliphatic rings. The lowest BCUT2D eigenvalue weighted by molar-refractivity contribution is -0.146. The quantitative estimate of drug-likeness (QED) is 0.836. The Morgan fingerprint density at radius 2 is 1.95 bits per heavy atom. The maximum atomic E-state index is 12.1. The number of aliphatic carboxylic acids is 1. The van der Waals surface area contributed by atoms with Gasteiger partial charge in [0.25, 0.3) is 0 Å². The molecular weight excluding hydrogens is 270 g/mol. The summed E-state index contributed by atoms with van der Waals surface area (Å²) < 4.78 is 5.16. The maximum Gasteiger partial charge on any atom is 0.314 e. The van der Waals surface area contributed by atoms with Crippen LogP contribution < -0.4 is 5.32 Å². The van der Waals surface area contributed by atoms with E-state index in [9.17, 15) is 14.7 Å². The fourth-order valence-electron chi connectivity index (χ4n) is 2.58. The van der Waals surface area contributed by atoms with Crippen molar-refractivity contribution in [3.8, 4) is 0 Å². The molecule has 1 fully saturated rings. The Bertz CT molecular complexity index is 510. The fraction of sp³-hybridized carbons (Fsp3) is 0.500. The van der Waals surface area contributed by atoms with Gasteiger partial charge in [-0.15, -0.1) is 0 Å². The van der Waals surface area contributed by atoms with Crippen molar-refractivity contribution in [1.82, 2.24) is 5.32 Å². The average molecular weight is 291 g/mol. The molecule has 1 unspecified atom stereocenters. The average Bonchev–Trinajstić information content (AvgIpc) is 2.43. The van der Waals surface area contributed by atoms with Gasteiger partial charge in [0.1, 0.15) is 0 Å². The van der Waals surface area contributed by atoms with E-state index in [0.29, 0.717) is 5.56 Å². The van der Waals surface area contributed by atoms with Crippen molar-refractivity contribution in [2.75, 3.05) is 7.11 Å². The van der Waals surface area contributed by atoms with Crippen LogP contribution in [0.3, 0.4) is 0 Å². The maximum absolute atomic E-state index is 12.1. The Kier molecular flexibility index (Phi) is 4.63. The third kappa shape index (κ3) is 3.42. The van der Waals surface area contributed by atoms with Crippen molar-refractivity contribution in [3.63, 3.8) is 0 Å². The van der Waals surface area contributed by atoms with E-state index < -0.39 is 11.4 Å². The SMILES string of the molecule is COC1CC(NC(=O)CC(C)(C(=O)O)c2ccccc2)C1. The summed E-state index contributed by atoms with van der Waals surface area (Å²) in [6.07, 6.45) is 1.71. The molecule has 2 rings (SSSR count). The van der Waals surface area contributed by atoms with E-state index in [4.69, 9.17) is 4.74 Å². The second-order valence-electron chi connectivity index (χ2n) is 5.77. The number of carboxylic acids is 1. The van der Waals surface area contributed by atoms with E-state index in [0.717, 1.165) is 12.8 Å². The number of nitrogens with one attached hydrogen (secondary N) is 1. The number of carboxylic acid groups (broad SMARTS) is 1. The number of hydrogen-bond acceptors (Lipinski definition) is 3. The van der Waals surface area contributed by atoms with Crippen LogP contribution in [0.2, 0.25) is 0 Å². The molecule has 1 amide bonds. The van der Waals surface area contributed by atoms with Gasteiger partial charge in [-0.3, -0.25) is 9.59 Å². The number of carbonyl (C=O) groups excluding carboxylic acids is 1. The molecule has 0 heterocycles. The van der Waals surface area contributed by atoms with Crippen LogP contribution in [0.5, 0.6) is 0 Å². The van der Waals surface area contributed by atoms with Crippen LogP contribution in [0.4, 0.5) is 0 Å². The second-order valence-corrected chi connectivity index (χ2v) is 5.77. The predicted octanol–water partition coefficient (Wildman–Crippen LogP) is 1.71. The molecule has 1 saturated carbocycles. The van der Waals surface area contributed by atoms with Crippen molar-refractivity contribution in [3.05, 3.63) is 35.9 Å². The van der Waals surface area contributed by atoms with Gasteiger partial charge in [-0.05, 0) is 25.3 Å². The van der Waals surface area contributed by atoms with E-state index in [2.05, 4.69) is 5.32 Å². The van der Waals surface area contributed by atoms with Crippen LogP contribution >= 0.6 is 0 Å². The minimum Gasteiger partial charge on any atom is -0.481 e. The van der Waals surface area contributed by atoms with Gasteiger partial charge in [0.2, 0.25) is 5.91 Å². The van der Waals surface area contributed by atoms with Gasteiger partial charge in [0.05, 0.1) is 11.5 Å². The van der Waals surface area contributed by atoms with Gasteiger partial charge >= 0.3 is 5.97 Å². The molecule has 5 nitrogen and oxygen atoms in total. The van der Waals surface area contributed by atoms with Crippen LogP contribution in [0, 0.1) is 0 Å². The van der Waals surface area contributed by atoms with Gasteiger partial charge in [-0.2, -0.15) is 0 Å². The molecule has 2 N–H and O–H groups in total. The van der Waals surface area contributed by atoms with Crippen LogP contribution in [-0.2, 0) is 19.7 Å². The Morgan fingerprint density at radius 1 is 1.33 bits per heavy atom. The summed E-state index contributed by atoms with van der Waals surface area (Å²) in [5, 5.41) is 12.4. The summed E-state index contributed by atoms with van der Waals surface area (Å²) >= 11 is 0. The van der Waals surface area contributed by atoms with Crippen LogP contribution in [0.25, 0.3) is 0 Å². The van der Waals surface area contributed by atoms with E-state index in [1.54, 1.807) is 38.3 Å². The van der Waals surface area contributed by atoms with Gasteiger partial charge in [-0.1, -0.05) is 30.3 Å². The van der Waals surface area contributed by atoms with Crippen molar-refractivity contribution >= 4 is 11.9 Å². The molecule has 0 aliphatic heterocycles. The lowest BCUT2D eigenvalue weighted by Crippen LogP contribution is -2.49. The molecule has 0 aromatic heterocycles. The standard InChI is InChI=1S/C16H21NO4/c1-16(15(19)20,11-6-4-3-5-7-11)10-14(18)17-12-8-13(9-12)21-2/h3-7,12-13H,8-10H2,1-2H3,(H,17,18)(H,19,20). The number of amides is 1. The highest BCUT2D eigenvalue weighted by Crippen LogP contribution is 2.29. The first-order valence-corrected chi connectivity index (χ1v) is 7.07. The van der Waals surface area contributed by atoms with Crippen LogP contribution in [-0.4, -0.2) is 36.2 Å².